The number of furan rings is 1. The van der Waals surface area contributed by atoms with Crippen molar-refractivity contribution in [2.45, 2.75) is 5.41 Å². The van der Waals surface area contributed by atoms with Crippen LogP contribution in [0.2, 0.25) is 0 Å². The van der Waals surface area contributed by atoms with Crippen molar-refractivity contribution in [1.82, 2.24) is 4.48 Å². The lowest BCUT2D eigenvalue weighted by Crippen LogP contribution is -2.58. The molecule has 0 bridgehead atoms. The average Bonchev–Trinajstić information content (AvgIpc) is 3.99. The number of hydrogen-bond donors (Lipinski definition) is 0. The van der Waals surface area contributed by atoms with Crippen LogP contribution in [0.1, 0.15) is 22.3 Å². The molecule has 0 saturated heterocycles. The molecule has 0 unspecified atom stereocenters. The second-order valence-corrected chi connectivity index (χ2v) is 16.9. The third kappa shape index (κ3) is 2.97. The van der Waals surface area contributed by atoms with Gasteiger partial charge in [0.05, 0.1) is 21.3 Å². The van der Waals surface area contributed by atoms with Crippen LogP contribution in [0.5, 0.6) is 0 Å². The third-order valence-corrected chi connectivity index (χ3v) is 14.7. The van der Waals surface area contributed by atoms with Gasteiger partial charge in [-0.2, -0.15) is 0 Å². The highest BCUT2D eigenvalue weighted by atomic mass is 32.1. The molecule has 4 aliphatic rings. The molecule has 15 rings (SSSR count). The minimum Gasteiger partial charge on any atom is -0.456 e. The molecule has 3 aromatic heterocycles. The number of rotatable bonds is 0. The Bertz CT molecular complexity index is 3600. The maximum Gasteiger partial charge on any atom is 0.333 e. The molecule has 0 saturated carbocycles. The van der Waals surface area contributed by atoms with Crippen LogP contribution in [0.15, 0.2) is 168 Å². The van der Waals surface area contributed by atoms with Crippen molar-refractivity contribution in [3.8, 4) is 22.3 Å². The molecule has 0 fully saturated rings. The lowest BCUT2D eigenvalue weighted by molar-refractivity contribution is 0.669. The summed E-state index contributed by atoms with van der Waals surface area (Å²) in [5, 5.41) is 5.02. The smallest absolute Gasteiger partial charge is 0.333 e. The maximum absolute atomic E-state index is 6.88. The van der Waals surface area contributed by atoms with Gasteiger partial charge in [-0.05, 0) is 68.1 Å². The summed E-state index contributed by atoms with van der Waals surface area (Å²) < 4.78 is 12.3. The highest BCUT2D eigenvalue weighted by molar-refractivity contribution is 7.27. The number of benzene rings is 8. The highest BCUT2D eigenvalue weighted by Gasteiger charge is 2.55. The molecule has 0 amide bonds. The fraction of sp³-hybridized carbons (Fsp3) is 0.0196. The number of thiophene rings is 1. The van der Waals surface area contributed by atoms with Crippen LogP contribution >= 0.6 is 11.3 Å². The van der Waals surface area contributed by atoms with Gasteiger partial charge in [0, 0.05) is 54.8 Å². The fourth-order valence-electron chi connectivity index (χ4n) is 11.7. The van der Waals surface area contributed by atoms with Crippen molar-refractivity contribution in [2.75, 3.05) is 4.90 Å². The van der Waals surface area contributed by atoms with Gasteiger partial charge >= 0.3 is 6.85 Å². The Morgan fingerprint density at radius 1 is 0.518 bits per heavy atom. The first-order chi connectivity index (χ1) is 27.8. The summed E-state index contributed by atoms with van der Waals surface area (Å²) in [6.45, 7) is -0.0635. The van der Waals surface area contributed by atoms with Crippen LogP contribution in [0.25, 0.3) is 75.4 Å². The lowest BCUT2D eigenvalue weighted by Gasteiger charge is -2.49. The number of anilines is 3. The molecule has 6 heterocycles. The van der Waals surface area contributed by atoms with Crippen LogP contribution in [-0.2, 0) is 5.41 Å². The van der Waals surface area contributed by atoms with Crippen molar-refractivity contribution in [3.63, 3.8) is 0 Å². The second-order valence-electron chi connectivity index (χ2n) is 15.8. The number of aromatic nitrogens is 1. The molecule has 56 heavy (non-hydrogen) atoms. The minimum atomic E-state index is -0.488. The van der Waals surface area contributed by atoms with Gasteiger partial charge in [-0.3, -0.25) is 0 Å². The van der Waals surface area contributed by atoms with Gasteiger partial charge in [-0.15, -0.1) is 11.3 Å². The third-order valence-electron chi connectivity index (χ3n) is 13.6. The van der Waals surface area contributed by atoms with Crippen molar-refractivity contribution in [3.05, 3.63) is 186 Å². The van der Waals surface area contributed by atoms with Crippen molar-refractivity contribution >= 4 is 99.3 Å². The van der Waals surface area contributed by atoms with Crippen LogP contribution in [-0.4, -0.2) is 11.3 Å². The Balaban J connectivity index is 1.19. The van der Waals surface area contributed by atoms with E-state index < -0.39 is 5.41 Å². The summed E-state index contributed by atoms with van der Waals surface area (Å²) >= 11 is 1.93. The molecule has 0 radical (unpaired) electrons. The molecule has 3 nitrogen and oxygen atoms in total. The van der Waals surface area contributed by atoms with Crippen molar-refractivity contribution in [1.29, 1.82) is 0 Å². The molecule has 256 valence electrons. The molecule has 5 heteroatoms. The van der Waals surface area contributed by atoms with Crippen LogP contribution < -0.4 is 15.8 Å². The summed E-state index contributed by atoms with van der Waals surface area (Å²) in [5.41, 5.74) is 20.9. The lowest BCUT2D eigenvalue weighted by atomic mass is 9.43. The SMILES string of the molecule is c1ccc2c(c1)-c1ccccc1C21c2ccccc2N2c3cc4oc5ccccc5c4c4c3B(c3cccc1c32)n1c2c-4cccc2c2sc3ccccc3c21. The number of nitrogens with zero attached hydrogens (tertiary/aromatic N) is 2. The standard InChI is InChI=1S/C51H27BN2OS/c1-5-19-34-28(13-1)29-14-2-6-20-35(29)51(34)36-21-7-8-24-39(36)53-40-27-42-44(30-15-3-9-25-41(30)55-42)45-32-17-11-18-33-47(32)54(48-31-16-4-10-26-43(31)56-50(33)48)52(46(40)45)38-23-12-22-37(51)49(38)53/h1-27H. The largest absolute Gasteiger partial charge is 0.456 e. The van der Waals surface area contributed by atoms with Crippen molar-refractivity contribution in [2.24, 2.45) is 0 Å². The van der Waals surface area contributed by atoms with Gasteiger partial charge in [0.2, 0.25) is 0 Å². The molecule has 1 spiro atoms. The van der Waals surface area contributed by atoms with E-state index in [0.29, 0.717) is 0 Å². The van der Waals surface area contributed by atoms with Crippen LogP contribution in [0.3, 0.4) is 0 Å². The Hall–Kier alpha value is -6.82. The molecule has 0 atom stereocenters. The molecule has 11 aromatic rings. The molecular formula is C51H27BN2OS. The molecule has 3 aliphatic heterocycles. The Labute approximate surface area is 325 Å². The predicted molar refractivity (Wildman–Crippen MR) is 234 cm³/mol. The highest BCUT2D eigenvalue weighted by Crippen LogP contribution is 2.64. The average molecular weight is 727 g/mol. The van der Waals surface area contributed by atoms with Crippen LogP contribution in [0, 0.1) is 0 Å². The van der Waals surface area contributed by atoms with E-state index in [1.165, 1.54) is 114 Å². The topological polar surface area (TPSA) is 21.3 Å². The van der Waals surface area contributed by atoms with E-state index in [-0.39, 0.29) is 6.85 Å². The quantitative estimate of drug-likeness (QED) is 0.145. The Kier molecular flexibility index (Phi) is 4.86. The van der Waals surface area contributed by atoms with E-state index in [0.717, 1.165) is 11.2 Å². The second kappa shape index (κ2) is 9.51. The normalized spacial score (nSPS) is 14.9. The first kappa shape index (κ1) is 28.6. The maximum atomic E-state index is 6.88. The van der Waals surface area contributed by atoms with Gasteiger partial charge < -0.3 is 13.8 Å². The van der Waals surface area contributed by atoms with E-state index in [2.05, 4.69) is 173 Å². The molecule has 8 aromatic carbocycles. The van der Waals surface area contributed by atoms with Gasteiger partial charge in [-0.25, -0.2) is 0 Å². The fourth-order valence-corrected chi connectivity index (χ4v) is 12.9. The zero-order valence-corrected chi connectivity index (χ0v) is 30.7. The number of para-hydroxylation sites is 4. The zero-order valence-electron chi connectivity index (χ0n) is 29.9. The number of hydrogen-bond acceptors (Lipinski definition) is 3. The minimum absolute atomic E-state index is 0.0635. The van der Waals surface area contributed by atoms with E-state index in [9.17, 15) is 0 Å². The van der Waals surface area contributed by atoms with Gasteiger partial charge in [0.25, 0.3) is 0 Å². The Morgan fingerprint density at radius 2 is 1.18 bits per heavy atom. The summed E-state index contributed by atoms with van der Waals surface area (Å²) in [5.74, 6) is 0. The van der Waals surface area contributed by atoms with E-state index >= 15 is 0 Å². The summed E-state index contributed by atoms with van der Waals surface area (Å²) in [4.78, 5) is 2.61. The first-order valence-corrected chi connectivity index (χ1v) is 20.3. The monoisotopic (exact) mass is 726 g/mol. The van der Waals surface area contributed by atoms with E-state index in [4.69, 9.17) is 4.42 Å². The number of fused-ring (bicyclic) bond motifs is 22. The summed E-state index contributed by atoms with van der Waals surface area (Å²) in [6.07, 6.45) is 0. The summed E-state index contributed by atoms with van der Waals surface area (Å²) in [6, 6.07) is 61.5. The van der Waals surface area contributed by atoms with Gasteiger partial charge in [-0.1, -0.05) is 140 Å². The van der Waals surface area contributed by atoms with Gasteiger partial charge in [0.15, 0.2) is 0 Å². The van der Waals surface area contributed by atoms with Gasteiger partial charge in [0.1, 0.15) is 11.2 Å². The molecule has 1 aliphatic carbocycles. The molecule has 0 N–H and O–H groups in total. The summed E-state index contributed by atoms with van der Waals surface area (Å²) in [7, 11) is 0. The molecular weight excluding hydrogens is 699 g/mol. The van der Waals surface area contributed by atoms with E-state index in [1.54, 1.807) is 0 Å². The van der Waals surface area contributed by atoms with E-state index in [1.807, 2.05) is 11.3 Å². The first-order valence-electron chi connectivity index (χ1n) is 19.5. The van der Waals surface area contributed by atoms with Crippen molar-refractivity contribution < 1.29 is 4.42 Å². The zero-order chi connectivity index (χ0) is 36.0. The predicted octanol–water partition coefficient (Wildman–Crippen LogP) is 12.0. The Morgan fingerprint density at radius 3 is 2.04 bits per heavy atom. The van der Waals surface area contributed by atoms with Crippen LogP contribution in [0.4, 0.5) is 17.1 Å².